The Labute approximate surface area is 285 Å². The summed E-state index contributed by atoms with van der Waals surface area (Å²) in [5.74, 6) is 0.338. The molecular weight excluding hydrogens is 619 g/mol. The van der Waals surface area contributed by atoms with Gasteiger partial charge in [-0.25, -0.2) is 0 Å². The molecule has 1 heterocycles. The van der Waals surface area contributed by atoms with Gasteiger partial charge in [-0.05, 0) is 86.9 Å². The molecule has 5 rings (SSSR count). The van der Waals surface area contributed by atoms with Crippen LogP contribution in [0.5, 0.6) is 5.75 Å². The minimum Gasteiger partial charge on any atom is -0.491 e. The van der Waals surface area contributed by atoms with Crippen molar-refractivity contribution >= 4 is 48.0 Å². The second-order valence-electron chi connectivity index (χ2n) is 11.5. The van der Waals surface area contributed by atoms with Crippen molar-refractivity contribution in [2.24, 2.45) is 0 Å². The number of hydrogen-bond donors (Lipinski definition) is 1. The van der Waals surface area contributed by atoms with E-state index in [1.807, 2.05) is 79.7 Å². The average molecular weight is 664 g/mol. The van der Waals surface area contributed by atoms with Crippen LogP contribution < -0.4 is 15.0 Å². The number of para-hydroxylation sites is 2. The number of rotatable bonds is 11. The quantitative estimate of drug-likeness (QED) is 0.169. The van der Waals surface area contributed by atoms with Gasteiger partial charge >= 0.3 is 0 Å². The molecule has 0 radical (unpaired) electrons. The van der Waals surface area contributed by atoms with Gasteiger partial charge in [0, 0.05) is 50.0 Å². The lowest BCUT2D eigenvalue weighted by molar-refractivity contribution is 0.0990. The number of nitrogens with zero attached hydrogens (tertiary/aromatic N) is 3. The van der Waals surface area contributed by atoms with Crippen molar-refractivity contribution in [1.29, 1.82) is 0 Å². The molecule has 0 spiro atoms. The number of nitrogens with one attached hydrogen (secondary N) is 1. The van der Waals surface area contributed by atoms with Gasteiger partial charge in [0.1, 0.15) is 5.75 Å². The Morgan fingerprint density at radius 1 is 0.804 bits per heavy atom. The molecule has 0 saturated carbocycles. The van der Waals surface area contributed by atoms with Crippen LogP contribution in [0.2, 0.25) is 0 Å². The lowest BCUT2D eigenvalue weighted by atomic mass is 9.98. The molecule has 4 aromatic carbocycles. The Kier molecular flexibility index (Phi) is 14.1. The number of unbranched alkanes of at least 4 members (excludes halogenated alkanes) is 1. The lowest BCUT2D eigenvalue weighted by Gasteiger charge is -2.32. The van der Waals surface area contributed by atoms with E-state index in [9.17, 15) is 9.59 Å². The van der Waals surface area contributed by atoms with Gasteiger partial charge in [-0.2, -0.15) is 0 Å². The lowest BCUT2D eigenvalue weighted by Crippen LogP contribution is -2.44. The third-order valence-electron chi connectivity index (χ3n) is 8.18. The topological polar surface area (TPSA) is 65.1 Å². The van der Waals surface area contributed by atoms with Gasteiger partial charge in [0.2, 0.25) is 0 Å². The zero-order valence-corrected chi connectivity index (χ0v) is 28.4. The fraction of sp³-hybridized carbons (Fsp3) is 0.297. The average Bonchev–Trinajstić information content (AvgIpc) is 3.05. The molecule has 1 fully saturated rings. The number of piperazine rings is 1. The number of benzene rings is 4. The highest BCUT2D eigenvalue weighted by molar-refractivity contribution is 6.09. The second kappa shape index (κ2) is 17.7. The number of halogens is 2. The van der Waals surface area contributed by atoms with E-state index in [4.69, 9.17) is 4.74 Å². The molecule has 7 nitrogen and oxygen atoms in total. The maximum atomic E-state index is 13.4. The van der Waals surface area contributed by atoms with E-state index < -0.39 is 0 Å². The molecule has 9 heteroatoms. The largest absolute Gasteiger partial charge is 0.491 e. The number of likely N-dealkylation sites (N-methyl/N-ethyl adjacent to an activating group) is 1. The van der Waals surface area contributed by atoms with E-state index in [2.05, 4.69) is 22.2 Å². The molecule has 0 unspecified atom stereocenters. The minimum absolute atomic E-state index is 0. The van der Waals surface area contributed by atoms with Crippen molar-refractivity contribution in [3.63, 3.8) is 0 Å². The Hall–Kier alpha value is -3.88. The Morgan fingerprint density at radius 2 is 1.46 bits per heavy atom. The maximum Gasteiger partial charge on any atom is 0.258 e. The van der Waals surface area contributed by atoms with E-state index >= 15 is 0 Å². The van der Waals surface area contributed by atoms with Crippen molar-refractivity contribution in [2.75, 3.05) is 63.6 Å². The number of carbonyl (C=O) groups is 2. The maximum absolute atomic E-state index is 13.4. The number of hydrogen-bond acceptors (Lipinski definition) is 5. The van der Waals surface area contributed by atoms with Crippen LogP contribution in [0, 0.1) is 6.92 Å². The zero-order valence-electron chi connectivity index (χ0n) is 26.8. The van der Waals surface area contributed by atoms with Gasteiger partial charge in [0.25, 0.3) is 11.8 Å². The first-order chi connectivity index (χ1) is 21.4. The van der Waals surface area contributed by atoms with Gasteiger partial charge in [-0.3, -0.25) is 9.59 Å². The summed E-state index contributed by atoms with van der Waals surface area (Å²) in [5, 5.41) is 2.98. The highest BCUT2D eigenvalue weighted by Crippen LogP contribution is 2.29. The minimum atomic E-state index is -0.202. The molecule has 0 aliphatic carbocycles. The van der Waals surface area contributed by atoms with Crippen molar-refractivity contribution < 1.29 is 14.3 Å². The molecule has 0 aromatic heterocycles. The van der Waals surface area contributed by atoms with Crippen LogP contribution in [0.15, 0.2) is 97.1 Å². The standard InChI is InChI=1S/C37H42N4O3.2ClH/c1-28-14-16-29(17-15-28)32-10-4-5-11-33(32)36(42)38-31-20-18-30(19-21-31)37(43)40(3)34-12-6-7-13-35(34)44-27-9-8-22-41-25-23-39(2)24-26-41;;/h4-7,10-21H,8-9,22-27H2,1-3H3,(H,38,42);2*1H. The van der Waals surface area contributed by atoms with Crippen LogP contribution in [-0.2, 0) is 0 Å². The summed E-state index contributed by atoms with van der Waals surface area (Å²) in [6, 6.07) is 30.3. The fourth-order valence-electron chi connectivity index (χ4n) is 5.41. The predicted octanol–water partition coefficient (Wildman–Crippen LogP) is 7.44. The Morgan fingerprint density at radius 3 is 2.17 bits per heavy atom. The van der Waals surface area contributed by atoms with Crippen molar-refractivity contribution in [1.82, 2.24) is 9.80 Å². The molecular formula is C37H44Cl2N4O3. The van der Waals surface area contributed by atoms with E-state index in [0.29, 0.717) is 29.2 Å². The van der Waals surface area contributed by atoms with Crippen LogP contribution >= 0.6 is 24.8 Å². The van der Waals surface area contributed by atoms with Crippen LogP contribution in [0.1, 0.15) is 39.1 Å². The summed E-state index contributed by atoms with van der Waals surface area (Å²) in [6.45, 7) is 8.25. The first-order valence-corrected chi connectivity index (χ1v) is 15.4. The molecule has 1 aliphatic rings. The summed E-state index contributed by atoms with van der Waals surface area (Å²) in [4.78, 5) is 33.2. The first kappa shape index (κ1) is 36.6. The highest BCUT2D eigenvalue weighted by Gasteiger charge is 2.18. The van der Waals surface area contributed by atoms with Crippen molar-refractivity contribution in [3.05, 3.63) is 114 Å². The van der Waals surface area contributed by atoms with Gasteiger partial charge in [-0.15, -0.1) is 24.8 Å². The van der Waals surface area contributed by atoms with Crippen LogP contribution in [0.4, 0.5) is 11.4 Å². The van der Waals surface area contributed by atoms with Crippen LogP contribution in [-0.4, -0.2) is 75.0 Å². The van der Waals surface area contributed by atoms with Crippen LogP contribution in [0.3, 0.4) is 0 Å². The SMILES string of the molecule is Cc1ccc(-c2ccccc2C(=O)Nc2ccc(C(=O)N(C)c3ccccc3OCCCCN3CCN(C)CC3)cc2)cc1.Cl.Cl. The van der Waals surface area contributed by atoms with Gasteiger partial charge in [0.15, 0.2) is 0 Å². The number of ether oxygens (including phenoxy) is 1. The molecule has 1 saturated heterocycles. The molecule has 244 valence electrons. The van der Waals surface area contributed by atoms with Crippen molar-refractivity contribution in [2.45, 2.75) is 19.8 Å². The monoisotopic (exact) mass is 662 g/mol. The first-order valence-electron chi connectivity index (χ1n) is 15.4. The zero-order chi connectivity index (χ0) is 30.9. The second-order valence-corrected chi connectivity index (χ2v) is 11.5. The van der Waals surface area contributed by atoms with E-state index in [-0.39, 0.29) is 36.6 Å². The molecule has 4 aromatic rings. The molecule has 1 N–H and O–H groups in total. The summed E-state index contributed by atoms with van der Waals surface area (Å²) >= 11 is 0. The molecule has 46 heavy (non-hydrogen) atoms. The number of carbonyl (C=O) groups excluding carboxylic acids is 2. The molecule has 0 atom stereocenters. The van der Waals surface area contributed by atoms with Gasteiger partial charge < -0.3 is 24.8 Å². The van der Waals surface area contributed by atoms with Crippen molar-refractivity contribution in [3.8, 4) is 16.9 Å². The predicted molar refractivity (Wildman–Crippen MR) is 193 cm³/mol. The van der Waals surface area contributed by atoms with E-state index in [1.165, 1.54) is 5.56 Å². The molecule has 1 aliphatic heterocycles. The van der Waals surface area contributed by atoms with Crippen LogP contribution in [0.25, 0.3) is 11.1 Å². The van der Waals surface area contributed by atoms with Gasteiger partial charge in [-0.1, -0.05) is 60.2 Å². The van der Waals surface area contributed by atoms with E-state index in [1.54, 1.807) is 36.2 Å². The Balaban J connectivity index is 0.00000288. The summed E-state index contributed by atoms with van der Waals surface area (Å²) < 4.78 is 6.13. The van der Waals surface area contributed by atoms with E-state index in [0.717, 1.165) is 62.4 Å². The van der Waals surface area contributed by atoms with Gasteiger partial charge in [0.05, 0.1) is 12.3 Å². The Bertz CT molecular complexity index is 1560. The molecule has 2 amide bonds. The smallest absolute Gasteiger partial charge is 0.258 e. The normalized spacial score (nSPS) is 13.2. The fourth-order valence-corrected chi connectivity index (χ4v) is 5.41. The summed E-state index contributed by atoms with van der Waals surface area (Å²) in [7, 11) is 3.93. The number of anilines is 2. The summed E-state index contributed by atoms with van der Waals surface area (Å²) in [5.41, 5.74) is 5.48. The molecule has 0 bridgehead atoms. The third-order valence-corrected chi connectivity index (χ3v) is 8.18. The number of amides is 2. The number of aryl methyl sites for hydroxylation is 1. The third kappa shape index (κ3) is 9.56. The highest BCUT2D eigenvalue weighted by atomic mass is 35.5. The summed E-state index contributed by atoms with van der Waals surface area (Å²) in [6.07, 6.45) is 2.04.